The first-order chi connectivity index (χ1) is 12.1. The number of benzene rings is 1. The fraction of sp³-hybridized carbons (Fsp3) is 0.650. The molecule has 3 aliphatic rings. The van der Waals surface area contributed by atoms with Gasteiger partial charge in [-0.05, 0) is 36.2 Å². The van der Waals surface area contributed by atoms with Crippen LogP contribution in [0.15, 0.2) is 30.3 Å². The van der Waals surface area contributed by atoms with E-state index in [1.54, 1.807) is 31.2 Å². The molecule has 5 atom stereocenters. The number of aliphatic hydroxyl groups is 1. The molecule has 6 heteroatoms. The van der Waals surface area contributed by atoms with Crippen LogP contribution in [0.1, 0.15) is 51.7 Å². The van der Waals surface area contributed by atoms with Crippen LogP contribution in [0.4, 0.5) is 0 Å². The molecule has 1 heterocycles. The predicted molar refractivity (Wildman–Crippen MR) is 98.5 cm³/mol. The van der Waals surface area contributed by atoms with E-state index < -0.39 is 28.0 Å². The third kappa shape index (κ3) is 2.18. The Morgan fingerprint density at radius 3 is 2.54 bits per heavy atom. The summed E-state index contributed by atoms with van der Waals surface area (Å²) in [6.07, 6.45) is 1.66. The number of carbonyl (C=O) groups excluding carboxylic acids is 1. The van der Waals surface area contributed by atoms with E-state index in [9.17, 15) is 18.3 Å². The van der Waals surface area contributed by atoms with E-state index in [0.717, 1.165) is 23.6 Å². The summed E-state index contributed by atoms with van der Waals surface area (Å²) in [4.78, 5) is 13.2. The number of rotatable bonds is 3. The van der Waals surface area contributed by atoms with Crippen LogP contribution in [0.5, 0.6) is 0 Å². The maximum absolute atomic E-state index is 13.2. The zero-order chi connectivity index (χ0) is 18.9. The Morgan fingerprint density at radius 1 is 1.27 bits per heavy atom. The maximum Gasteiger partial charge on any atom is 0.242 e. The average Bonchev–Trinajstić information content (AvgIpc) is 3.08. The zero-order valence-electron chi connectivity index (χ0n) is 15.6. The van der Waals surface area contributed by atoms with Gasteiger partial charge in [-0.25, -0.2) is 12.7 Å². The van der Waals surface area contributed by atoms with Crippen molar-refractivity contribution < 1.29 is 18.3 Å². The third-order valence-electron chi connectivity index (χ3n) is 7.63. The van der Waals surface area contributed by atoms with Crippen LogP contribution in [-0.2, 0) is 14.8 Å². The van der Waals surface area contributed by atoms with E-state index in [4.69, 9.17) is 0 Å². The highest BCUT2D eigenvalue weighted by molar-refractivity contribution is 7.90. The van der Waals surface area contributed by atoms with Crippen molar-refractivity contribution in [2.24, 2.45) is 22.7 Å². The van der Waals surface area contributed by atoms with Crippen molar-refractivity contribution in [3.05, 3.63) is 35.9 Å². The quantitative estimate of drug-likeness (QED) is 0.879. The van der Waals surface area contributed by atoms with Crippen LogP contribution < -0.4 is 0 Å². The Labute approximate surface area is 155 Å². The highest BCUT2D eigenvalue weighted by Gasteiger charge is 2.72. The second-order valence-electron chi connectivity index (χ2n) is 8.90. The zero-order valence-corrected chi connectivity index (χ0v) is 16.4. The van der Waals surface area contributed by atoms with Crippen molar-refractivity contribution >= 4 is 15.9 Å². The smallest absolute Gasteiger partial charge is 0.242 e. The number of fused-ring (bicyclic) bond motifs is 1. The largest absolute Gasteiger partial charge is 0.388 e. The topological polar surface area (TPSA) is 74.7 Å². The molecule has 0 aromatic heterocycles. The molecule has 142 valence electrons. The van der Waals surface area contributed by atoms with Gasteiger partial charge >= 0.3 is 0 Å². The molecular weight excluding hydrogens is 350 g/mol. The molecule has 1 N–H and O–H groups in total. The van der Waals surface area contributed by atoms with Crippen molar-refractivity contribution in [1.29, 1.82) is 0 Å². The first kappa shape index (κ1) is 18.0. The highest BCUT2D eigenvalue weighted by Crippen LogP contribution is 2.70. The summed E-state index contributed by atoms with van der Waals surface area (Å²) >= 11 is 0. The van der Waals surface area contributed by atoms with Gasteiger partial charge in [0.15, 0.2) is 0 Å². The average molecular weight is 378 g/mol. The molecule has 1 aromatic rings. The van der Waals surface area contributed by atoms with E-state index >= 15 is 0 Å². The van der Waals surface area contributed by atoms with Crippen LogP contribution >= 0.6 is 0 Å². The number of nitrogens with zero attached hydrogens (tertiary/aromatic N) is 1. The molecule has 1 aliphatic heterocycles. The SMILES string of the molecule is C[C@@H](C(=O)N1[C@@H]2C[C@H]3CC[C@]2(CS1(=O)=O)C3(C)C)[C@H](O)c1ccccc1. The van der Waals surface area contributed by atoms with Gasteiger partial charge in [0, 0.05) is 5.41 Å². The summed E-state index contributed by atoms with van der Waals surface area (Å²) in [5.74, 6) is -0.738. The minimum absolute atomic E-state index is 0.0636. The minimum atomic E-state index is -3.65. The van der Waals surface area contributed by atoms with Gasteiger partial charge in [0.2, 0.25) is 15.9 Å². The monoisotopic (exact) mass is 377 g/mol. The summed E-state index contributed by atoms with van der Waals surface area (Å²) in [6.45, 7) is 5.95. The summed E-state index contributed by atoms with van der Waals surface area (Å²) in [6, 6.07) is 8.71. The van der Waals surface area contributed by atoms with Crippen LogP contribution in [-0.4, -0.2) is 35.5 Å². The van der Waals surface area contributed by atoms with Crippen molar-refractivity contribution in [2.75, 3.05) is 5.75 Å². The number of hydrogen-bond acceptors (Lipinski definition) is 4. The summed E-state index contributed by atoms with van der Waals surface area (Å²) < 4.78 is 27.1. The molecule has 5 nitrogen and oxygen atoms in total. The molecule has 1 spiro atoms. The fourth-order valence-corrected chi connectivity index (χ4v) is 8.47. The van der Waals surface area contributed by atoms with Crippen LogP contribution in [0.3, 0.4) is 0 Å². The first-order valence-electron chi connectivity index (χ1n) is 9.41. The molecule has 1 saturated heterocycles. The van der Waals surface area contributed by atoms with E-state index in [2.05, 4.69) is 13.8 Å². The molecule has 1 aromatic carbocycles. The molecule has 4 rings (SSSR count). The third-order valence-corrected chi connectivity index (χ3v) is 9.55. The normalized spacial score (nSPS) is 35.9. The van der Waals surface area contributed by atoms with Crippen LogP contribution in [0.25, 0.3) is 0 Å². The first-order valence-corrected chi connectivity index (χ1v) is 11.0. The molecular formula is C20H27NO4S. The number of carbonyl (C=O) groups is 1. The Morgan fingerprint density at radius 2 is 1.92 bits per heavy atom. The predicted octanol–water partition coefficient (Wildman–Crippen LogP) is 2.72. The summed E-state index contributed by atoms with van der Waals surface area (Å²) in [7, 11) is -3.65. The second kappa shape index (κ2) is 5.55. The van der Waals surface area contributed by atoms with Gasteiger partial charge in [-0.15, -0.1) is 0 Å². The molecule has 3 fully saturated rings. The van der Waals surface area contributed by atoms with Gasteiger partial charge in [0.1, 0.15) is 0 Å². The second-order valence-corrected chi connectivity index (χ2v) is 10.7. The summed E-state index contributed by atoms with van der Waals surface area (Å²) in [5, 5.41) is 10.6. The van der Waals surface area contributed by atoms with Gasteiger partial charge in [0.25, 0.3) is 0 Å². The van der Waals surface area contributed by atoms with Crippen molar-refractivity contribution in [3.63, 3.8) is 0 Å². The fourth-order valence-electron chi connectivity index (χ4n) is 5.85. The Hall–Kier alpha value is -1.40. The lowest BCUT2D eigenvalue weighted by molar-refractivity contribution is -0.136. The minimum Gasteiger partial charge on any atom is -0.388 e. The van der Waals surface area contributed by atoms with Gasteiger partial charge in [-0.2, -0.15) is 0 Å². The number of sulfonamides is 1. The molecule has 2 aliphatic carbocycles. The van der Waals surface area contributed by atoms with Crippen molar-refractivity contribution in [2.45, 2.75) is 52.2 Å². The Balaban J connectivity index is 1.66. The molecule has 2 bridgehead atoms. The lowest BCUT2D eigenvalue weighted by atomic mass is 9.69. The molecule has 0 unspecified atom stereocenters. The van der Waals surface area contributed by atoms with Crippen LogP contribution in [0.2, 0.25) is 0 Å². The standard InChI is InChI=1S/C20H27NO4S/c1-13(17(22)14-7-5-4-6-8-14)18(23)21-16-11-15-9-10-20(16,19(15,2)3)12-26(21,24)25/h4-8,13,15-17,22H,9-12H2,1-3H3/t13-,15-,16-,17+,20-/m1/s1. The van der Waals surface area contributed by atoms with E-state index in [1.807, 2.05) is 6.07 Å². The van der Waals surface area contributed by atoms with E-state index in [-0.39, 0.29) is 22.6 Å². The van der Waals surface area contributed by atoms with Crippen molar-refractivity contribution in [3.8, 4) is 0 Å². The molecule has 0 radical (unpaired) electrons. The molecule has 2 saturated carbocycles. The van der Waals surface area contributed by atoms with Crippen LogP contribution in [0, 0.1) is 22.7 Å². The number of aliphatic hydroxyl groups excluding tert-OH is 1. The van der Waals surface area contributed by atoms with Gasteiger partial charge in [-0.3, -0.25) is 4.79 Å². The molecule has 1 amide bonds. The summed E-state index contributed by atoms with van der Waals surface area (Å²) in [5.41, 5.74) is 0.234. The molecule has 26 heavy (non-hydrogen) atoms. The number of hydrogen-bond donors (Lipinski definition) is 1. The van der Waals surface area contributed by atoms with Gasteiger partial charge in [-0.1, -0.05) is 51.1 Å². The lowest BCUT2D eigenvalue weighted by Gasteiger charge is -2.37. The Bertz CT molecular complexity index is 835. The van der Waals surface area contributed by atoms with Gasteiger partial charge < -0.3 is 5.11 Å². The van der Waals surface area contributed by atoms with E-state index in [1.165, 1.54) is 0 Å². The maximum atomic E-state index is 13.2. The number of amides is 1. The van der Waals surface area contributed by atoms with E-state index in [0.29, 0.717) is 11.5 Å². The Kier molecular flexibility index (Phi) is 3.84. The van der Waals surface area contributed by atoms with Gasteiger partial charge in [0.05, 0.1) is 23.8 Å². The van der Waals surface area contributed by atoms with Crippen molar-refractivity contribution in [1.82, 2.24) is 4.31 Å². The highest BCUT2D eigenvalue weighted by atomic mass is 32.2. The lowest BCUT2D eigenvalue weighted by Crippen LogP contribution is -2.46.